The quantitative estimate of drug-likeness (QED) is 0.273. The molecule has 32 heavy (non-hydrogen) atoms. The predicted octanol–water partition coefficient (Wildman–Crippen LogP) is 8.79. The fourth-order valence-corrected chi connectivity index (χ4v) is 5.42. The monoisotopic (exact) mass is 410 g/mol. The highest BCUT2D eigenvalue weighted by atomic mass is 14.4. The molecule has 0 atom stereocenters. The lowest BCUT2D eigenvalue weighted by molar-refractivity contribution is 0.661. The van der Waals surface area contributed by atoms with Crippen molar-refractivity contribution in [2.75, 3.05) is 0 Å². The Balaban J connectivity index is 1.51. The summed E-state index contributed by atoms with van der Waals surface area (Å²) in [6.45, 7) is 6.92. The van der Waals surface area contributed by atoms with E-state index in [4.69, 9.17) is 0 Å². The molecule has 0 nitrogen and oxygen atoms in total. The van der Waals surface area contributed by atoms with Crippen molar-refractivity contribution >= 4 is 10.8 Å². The minimum Gasteiger partial charge on any atom is -0.0622 e. The van der Waals surface area contributed by atoms with Crippen molar-refractivity contribution in [2.24, 2.45) is 0 Å². The average Bonchev–Trinajstić information content (AvgIpc) is 3.06. The molecule has 0 unspecified atom stereocenters. The largest absolute Gasteiger partial charge is 0.0622 e. The zero-order chi connectivity index (χ0) is 21.9. The van der Waals surface area contributed by atoms with Gasteiger partial charge in [0.25, 0.3) is 0 Å². The van der Waals surface area contributed by atoms with Gasteiger partial charge in [-0.2, -0.15) is 0 Å². The molecule has 0 amide bonds. The first-order valence-electron chi connectivity index (χ1n) is 11.4. The van der Waals surface area contributed by atoms with Crippen LogP contribution in [0.4, 0.5) is 0 Å². The Bertz CT molecular complexity index is 1490. The summed E-state index contributed by atoms with van der Waals surface area (Å²) in [6, 6.07) is 38.0. The van der Waals surface area contributed by atoms with Crippen molar-refractivity contribution in [3.05, 3.63) is 120 Å². The minimum absolute atomic E-state index is 0.0357. The number of hydrogen-bond donors (Lipinski definition) is 0. The third-order valence-electron chi connectivity index (χ3n) is 7.24. The fraction of sp³-hybridized carbons (Fsp3) is 0.125. The molecule has 154 valence electrons. The van der Waals surface area contributed by atoms with E-state index in [1.807, 2.05) is 0 Å². The summed E-state index contributed by atoms with van der Waals surface area (Å²) in [5, 5.41) is 2.66. The molecule has 1 aliphatic carbocycles. The topological polar surface area (TPSA) is 0 Å². The van der Waals surface area contributed by atoms with E-state index in [-0.39, 0.29) is 5.41 Å². The van der Waals surface area contributed by atoms with Crippen LogP contribution < -0.4 is 0 Å². The van der Waals surface area contributed by atoms with E-state index in [9.17, 15) is 0 Å². The summed E-state index contributed by atoms with van der Waals surface area (Å²) in [5.74, 6) is 0. The molecule has 0 heteroatoms. The van der Waals surface area contributed by atoms with Gasteiger partial charge in [0.2, 0.25) is 0 Å². The van der Waals surface area contributed by atoms with Crippen molar-refractivity contribution in [1.82, 2.24) is 0 Å². The smallest absolute Gasteiger partial charge is 0.0159 e. The minimum atomic E-state index is -0.0357. The third-order valence-corrected chi connectivity index (χ3v) is 7.24. The van der Waals surface area contributed by atoms with Gasteiger partial charge >= 0.3 is 0 Å². The first-order valence-corrected chi connectivity index (χ1v) is 11.4. The van der Waals surface area contributed by atoms with Gasteiger partial charge in [-0.1, -0.05) is 105 Å². The number of fused-ring (bicyclic) bond motifs is 4. The van der Waals surface area contributed by atoms with Crippen LogP contribution in [0, 0.1) is 6.92 Å². The second-order valence-corrected chi connectivity index (χ2v) is 9.49. The molecule has 1 aliphatic rings. The molecule has 0 spiro atoms. The molecule has 0 N–H and O–H groups in total. The summed E-state index contributed by atoms with van der Waals surface area (Å²) in [5.41, 5.74) is 12.0. The normalized spacial score (nSPS) is 13.7. The van der Waals surface area contributed by atoms with Gasteiger partial charge in [0.15, 0.2) is 0 Å². The van der Waals surface area contributed by atoms with E-state index in [2.05, 4.69) is 124 Å². The van der Waals surface area contributed by atoms with Crippen molar-refractivity contribution in [1.29, 1.82) is 0 Å². The number of benzene rings is 5. The first kappa shape index (κ1) is 19.1. The van der Waals surface area contributed by atoms with Crippen molar-refractivity contribution in [3.8, 4) is 33.4 Å². The van der Waals surface area contributed by atoms with Crippen LogP contribution in [-0.2, 0) is 5.41 Å². The molecule has 0 saturated carbocycles. The fourth-order valence-electron chi connectivity index (χ4n) is 5.42. The molecule has 0 bridgehead atoms. The second kappa shape index (κ2) is 6.93. The summed E-state index contributed by atoms with van der Waals surface area (Å²) < 4.78 is 0. The van der Waals surface area contributed by atoms with Crippen LogP contribution in [0.25, 0.3) is 44.2 Å². The van der Waals surface area contributed by atoms with Gasteiger partial charge < -0.3 is 0 Å². The van der Waals surface area contributed by atoms with Gasteiger partial charge in [-0.25, -0.2) is 0 Å². The van der Waals surface area contributed by atoms with Gasteiger partial charge in [0, 0.05) is 5.41 Å². The number of hydrogen-bond acceptors (Lipinski definition) is 0. The summed E-state index contributed by atoms with van der Waals surface area (Å²) in [7, 11) is 0. The van der Waals surface area contributed by atoms with E-state index in [1.54, 1.807) is 0 Å². The van der Waals surface area contributed by atoms with Gasteiger partial charge in [-0.3, -0.25) is 0 Å². The van der Waals surface area contributed by atoms with Gasteiger partial charge in [0.05, 0.1) is 0 Å². The Morgan fingerprint density at radius 1 is 0.469 bits per heavy atom. The van der Waals surface area contributed by atoms with Crippen LogP contribution in [0.3, 0.4) is 0 Å². The van der Waals surface area contributed by atoms with Crippen LogP contribution in [0.1, 0.15) is 30.5 Å². The Morgan fingerprint density at radius 3 is 1.75 bits per heavy atom. The predicted molar refractivity (Wildman–Crippen MR) is 137 cm³/mol. The van der Waals surface area contributed by atoms with Crippen LogP contribution in [0.15, 0.2) is 103 Å². The summed E-state index contributed by atoms with van der Waals surface area (Å²) in [4.78, 5) is 0. The van der Waals surface area contributed by atoms with Crippen LogP contribution in [-0.4, -0.2) is 0 Å². The molecular formula is C32H26. The van der Waals surface area contributed by atoms with Crippen LogP contribution in [0.5, 0.6) is 0 Å². The van der Waals surface area contributed by atoms with Crippen molar-refractivity contribution in [2.45, 2.75) is 26.2 Å². The molecule has 5 aromatic carbocycles. The highest BCUT2D eigenvalue weighted by Crippen LogP contribution is 2.50. The van der Waals surface area contributed by atoms with Crippen molar-refractivity contribution < 1.29 is 0 Å². The van der Waals surface area contributed by atoms with E-state index in [0.29, 0.717) is 0 Å². The van der Waals surface area contributed by atoms with Crippen LogP contribution >= 0.6 is 0 Å². The maximum absolute atomic E-state index is 2.43. The summed E-state index contributed by atoms with van der Waals surface area (Å²) in [6.07, 6.45) is 0. The zero-order valence-corrected chi connectivity index (χ0v) is 18.8. The van der Waals surface area contributed by atoms with Gasteiger partial charge in [-0.05, 0) is 79.9 Å². The Kier molecular flexibility index (Phi) is 4.13. The lowest BCUT2D eigenvalue weighted by atomic mass is 9.80. The second-order valence-electron chi connectivity index (χ2n) is 9.49. The highest BCUT2D eigenvalue weighted by Gasteiger charge is 2.35. The van der Waals surface area contributed by atoms with E-state index < -0.39 is 0 Å². The Labute approximate surface area is 190 Å². The van der Waals surface area contributed by atoms with E-state index >= 15 is 0 Å². The highest BCUT2D eigenvalue weighted by molar-refractivity contribution is 5.99. The molecule has 0 saturated heterocycles. The molecule has 6 rings (SSSR count). The van der Waals surface area contributed by atoms with E-state index in [1.165, 1.54) is 60.8 Å². The SMILES string of the molecule is Cc1ccc(-c2ccc3c(c2)C(C)(C)c2cc(-c4ccccc4)ccc2-3)c2ccccc12. The Morgan fingerprint density at radius 2 is 1.03 bits per heavy atom. The van der Waals surface area contributed by atoms with Gasteiger partial charge in [0.1, 0.15) is 0 Å². The Hall–Kier alpha value is -3.64. The maximum Gasteiger partial charge on any atom is 0.0159 e. The molecule has 0 radical (unpaired) electrons. The lowest BCUT2D eigenvalue weighted by Crippen LogP contribution is -2.15. The molecular weight excluding hydrogens is 384 g/mol. The molecule has 0 heterocycles. The first-order chi connectivity index (χ1) is 15.5. The van der Waals surface area contributed by atoms with Gasteiger partial charge in [-0.15, -0.1) is 0 Å². The maximum atomic E-state index is 2.43. The molecule has 5 aromatic rings. The van der Waals surface area contributed by atoms with E-state index in [0.717, 1.165) is 0 Å². The summed E-state index contributed by atoms with van der Waals surface area (Å²) >= 11 is 0. The molecule has 0 fully saturated rings. The number of aryl methyl sites for hydroxylation is 1. The lowest BCUT2D eigenvalue weighted by Gasteiger charge is -2.23. The van der Waals surface area contributed by atoms with Crippen LogP contribution in [0.2, 0.25) is 0 Å². The standard InChI is InChI=1S/C32H26/c1-21-13-16-26(27-12-8-7-11-25(21)27)24-15-18-29-28-17-14-23(22-9-5-4-6-10-22)19-30(28)32(2,3)31(29)20-24/h4-20H,1-3H3. The average molecular weight is 411 g/mol. The third kappa shape index (κ3) is 2.76. The molecule has 0 aromatic heterocycles. The van der Waals surface area contributed by atoms with Crippen molar-refractivity contribution in [3.63, 3.8) is 0 Å². The number of rotatable bonds is 2. The zero-order valence-electron chi connectivity index (χ0n) is 18.8. The molecule has 0 aliphatic heterocycles.